The Morgan fingerprint density at radius 3 is 2.32 bits per heavy atom. The molecule has 0 spiro atoms. The Balaban J connectivity index is 2.12. The van der Waals surface area contributed by atoms with E-state index < -0.39 is 17.9 Å². The molecular weight excluding hydrogens is 328 g/mol. The van der Waals surface area contributed by atoms with Crippen LogP contribution in [0.25, 0.3) is 11.4 Å². The number of amides is 2. The van der Waals surface area contributed by atoms with Gasteiger partial charge in [0.05, 0.1) is 0 Å². The van der Waals surface area contributed by atoms with E-state index in [1.54, 1.807) is 31.2 Å². The SMILES string of the molecule is CC(=O)N[C@H](C)C(=O)Nc1ccc(-c2ncc(C(=O)O)c(O)n2)cc1. The lowest BCUT2D eigenvalue weighted by molar-refractivity contribution is -0.124. The van der Waals surface area contributed by atoms with E-state index in [1.807, 2.05) is 0 Å². The van der Waals surface area contributed by atoms with Crippen LogP contribution in [-0.2, 0) is 9.59 Å². The molecule has 1 heterocycles. The topological polar surface area (TPSA) is 142 Å². The smallest absolute Gasteiger partial charge is 0.342 e. The van der Waals surface area contributed by atoms with Crippen LogP contribution in [0.1, 0.15) is 24.2 Å². The standard InChI is InChI=1S/C16H16N4O5/c1-8(18-9(2)21)14(22)19-11-5-3-10(4-6-11)13-17-7-12(16(24)25)15(23)20-13/h3-8H,1-2H3,(H,18,21)(H,19,22)(H,24,25)(H,17,20,23)/t8-/m1/s1. The summed E-state index contributed by atoms with van der Waals surface area (Å²) in [6.07, 6.45) is 1.02. The molecule has 0 bridgehead atoms. The van der Waals surface area contributed by atoms with Crippen molar-refractivity contribution in [3.63, 3.8) is 0 Å². The minimum atomic E-state index is -1.32. The van der Waals surface area contributed by atoms with Crippen LogP contribution in [0, 0.1) is 0 Å². The highest BCUT2D eigenvalue weighted by atomic mass is 16.4. The van der Waals surface area contributed by atoms with Crippen molar-refractivity contribution in [2.24, 2.45) is 0 Å². The Morgan fingerprint density at radius 1 is 1.16 bits per heavy atom. The van der Waals surface area contributed by atoms with E-state index in [1.165, 1.54) is 6.92 Å². The quantitative estimate of drug-likeness (QED) is 0.634. The first-order valence-electron chi connectivity index (χ1n) is 7.25. The van der Waals surface area contributed by atoms with Gasteiger partial charge in [0.25, 0.3) is 0 Å². The van der Waals surface area contributed by atoms with Gasteiger partial charge < -0.3 is 20.8 Å². The molecule has 2 amide bonds. The van der Waals surface area contributed by atoms with Gasteiger partial charge in [-0.15, -0.1) is 0 Å². The molecule has 1 atom stereocenters. The van der Waals surface area contributed by atoms with Gasteiger partial charge in [0.15, 0.2) is 5.82 Å². The van der Waals surface area contributed by atoms with Crippen molar-refractivity contribution in [3.05, 3.63) is 36.0 Å². The Morgan fingerprint density at radius 2 is 1.80 bits per heavy atom. The number of anilines is 1. The molecule has 4 N–H and O–H groups in total. The highest BCUT2D eigenvalue weighted by molar-refractivity contribution is 5.96. The largest absolute Gasteiger partial charge is 0.493 e. The Hall–Kier alpha value is -3.49. The van der Waals surface area contributed by atoms with Crippen LogP contribution >= 0.6 is 0 Å². The van der Waals surface area contributed by atoms with E-state index in [9.17, 15) is 19.5 Å². The number of nitrogens with zero attached hydrogens (tertiary/aromatic N) is 2. The van der Waals surface area contributed by atoms with Crippen LogP contribution < -0.4 is 10.6 Å². The molecule has 2 rings (SSSR count). The van der Waals surface area contributed by atoms with Crippen LogP contribution in [0.4, 0.5) is 5.69 Å². The third kappa shape index (κ3) is 4.50. The van der Waals surface area contributed by atoms with Crippen molar-refractivity contribution < 1.29 is 24.6 Å². The van der Waals surface area contributed by atoms with Crippen molar-refractivity contribution >= 4 is 23.5 Å². The van der Waals surface area contributed by atoms with Gasteiger partial charge in [0.2, 0.25) is 17.7 Å². The number of hydrogen-bond acceptors (Lipinski definition) is 6. The first-order valence-corrected chi connectivity index (χ1v) is 7.25. The molecule has 0 fully saturated rings. The fraction of sp³-hybridized carbons (Fsp3) is 0.188. The number of hydrogen-bond donors (Lipinski definition) is 4. The van der Waals surface area contributed by atoms with E-state index in [-0.39, 0.29) is 23.2 Å². The molecule has 2 aromatic rings. The second-order valence-corrected chi connectivity index (χ2v) is 5.22. The number of carboxylic acid groups (broad SMARTS) is 1. The highest BCUT2D eigenvalue weighted by Gasteiger charge is 2.15. The second kappa shape index (κ2) is 7.39. The summed E-state index contributed by atoms with van der Waals surface area (Å²) in [4.78, 5) is 41.3. The molecule has 9 heteroatoms. The number of carbonyl (C=O) groups is 3. The monoisotopic (exact) mass is 344 g/mol. The summed E-state index contributed by atoms with van der Waals surface area (Å²) in [7, 11) is 0. The zero-order chi connectivity index (χ0) is 18.6. The molecular formula is C16H16N4O5. The van der Waals surface area contributed by atoms with E-state index in [0.717, 1.165) is 6.20 Å². The third-order valence-corrected chi connectivity index (χ3v) is 3.22. The maximum Gasteiger partial charge on any atom is 0.342 e. The zero-order valence-corrected chi connectivity index (χ0v) is 13.5. The number of benzene rings is 1. The molecule has 130 valence electrons. The second-order valence-electron chi connectivity index (χ2n) is 5.22. The van der Waals surface area contributed by atoms with E-state index in [2.05, 4.69) is 20.6 Å². The van der Waals surface area contributed by atoms with Crippen molar-refractivity contribution in [1.82, 2.24) is 15.3 Å². The number of carbonyl (C=O) groups excluding carboxylic acids is 2. The number of aromatic hydroxyl groups is 1. The van der Waals surface area contributed by atoms with Crippen molar-refractivity contribution in [1.29, 1.82) is 0 Å². The summed E-state index contributed by atoms with van der Waals surface area (Å²) in [5, 5.41) is 23.6. The van der Waals surface area contributed by atoms with Gasteiger partial charge in [-0.3, -0.25) is 9.59 Å². The van der Waals surface area contributed by atoms with E-state index >= 15 is 0 Å². The number of aromatic nitrogens is 2. The van der Waals surface area contributed by atoms with Crippen LogP contribution in [0.15, 0.2) is 30.5 Å². The average molecular weight is 344 g/mol. The zero-order valence-electron chi connectivity index (χ0n) is 13.5. The molecule has 0 radical (unpaired) electrons. The van der Waals surface area contributed by atoms with Gasteiger partial charge in [-0.1, -0.05) is 0 Å². The van der Waals surface area contributed by atoms with E-state index in [0.29, 0.717) is 11.3 Å². The van der Waals surface area contributed by atoms with E-state index in [4.69, 9.17) is 5.11 Å². The van der Waals surface area contributed by atoms with Gasteiger partial charge in [-0.05, 0) is 31.2 Å². The van der Waals surface area contributed by atoms with Crippen molar-refractivity contribution in [2.75, 3.05) is 5.32 Å². The van der Waals surface area contributed by atoms with Crippen LogP contribution in [0.3, 0.4) is 0 Å². The predicted octanol–water partition coefficient (Wildman–Crippen LogP) is 1.01. The molecule has 0 unspecified atom stereocenters. The fourth-order valence-corrected chi connectivity index (χ4v) is 1.99. The van der Waals surface area contributed by atoms with Crippen LogP contribution in [-0.4, -0.2) is 44.0 Å². The normalized spacial score (nSPS) is 11.4. The minimum absolute atomic E-state index is 0.145. The van der Waals surface area contributed by atoms with Gasteiger partial charge in [-0.25, -0.2) is 9.78 Å². The summed E-state index contributed by atoms with van der Waals surface area (Å²) in [6.45, 7) is 2.88. The van der Waals surface area contributed by atoms with Gasteiger partial charge >= 0.3 is 5.97 Å². The van der Waals surface area contributed by atoms with Crippen LogP contribution in [0.2, 0.25) is 0 Å². The molecule has 0 aliphatic heterocycles. The maximum atomic E-state index is 11.9. The Bertz CT molecular complexity index is 820. The number of rotatable bonds is 5. The molecule has 1 aromatic heterocycles. The first-order chi connectivity index (χ1) is 11.8. The summed E-state index contributed by atoms with van der Waals surface area (Å²) in [6, 6.07) is 5.72. The summed E-state index contributed by atoms with van der Waals surface area (Å²) in [5.74, 6) is -2.48. The van der Waals surface area contributed by atoms with Gasteiger partial charge in [-0.2, -0.15) is 4.98 Å². The minimum Gasteiger partial charge on any atom is -0.493 e. The highest BCUT2D eigenvalue weighted by Crippen LogP contribution is 2.21. The lowest BCUT2D eigenvalue weighted by Gasteiger charge is -2.13. The molecule has 0 saturated carbocycles. The molecule has 0 aliphatic rings. The molecule has 0 saturated heterocycles. The number of nitrogens with one attached hydrogen (secondary N) is 2. The Labute approximate surface area is 142 Å². The predicted molar refractivity (Wildman–Crippen MR) is 88.0 cm³/mol. The molecule has 0 aliphatic carbocycles. The molecule has 25 heavy (non-hydrogen) atoms. The van der Waals surface area contributed by atoms with Gasteiger partial charge in [0.1, 0.15) is 11.6 Å². The third-order valence-electron chi connectivity index (χ3n) is 3.22. The lowest BCUT2D eigenvalue weighted by atomic mass is 10.2. The summed E-state index contributed by atoms with van der Waals surface area (Å²) >= 11 is 0. The van der Waals surface area contributed by atoms with Crippen molar-refractivity contribution in [3.8, 4) is 17.3 Å². The number of aromatic carboxylic acids is 1. The Kier molecular flexibility index (Phi) is 5.28. The molecule has 1 aromatic carbocycles. The van der Waals surface area contributed by atoms with Gasteiger partial charge in [0, 0.05) is 24.4 Å². The first kappa shape index (κ1) is 17.9. The average Bonchev–Trinajstić information content (AvgIpc) is 2.54. The van der Waals surface area contributed by atoms with Crippen LogP contribution in [0.5, 0.6) is 5.88 Å². The summed E-state index contributed by atoms with van der Waals surface area (Å²) < 4.78 is 0. The lowest BCUT2D eigenvalue weighted by Crippen LogP contribution is -2.40. The van der Waals surface area contributed by atoms with Crippen molar-refractivity contribution in [2.45, 2.75) is 19.9 Å². The molecule has 9 nitrogen and oxygen atoms in total. The maximum absolute atomic E-state index is 11.9. The summed E-state index contributed by atoms with van der Waals surface area (Å²) in [5.41, 5.74) is 0.636. The fourth-order valence-electron chi connectivity index (χ4n) is 1.99. The number of carboxylic acids is 1.